The van der Waals surface area contributed by atoms with Gasteiger partial charge < -0.3 is 30.7 Å². The molecule has 342 valence electrons. The predicted octanol–water partition coefficient (Wildman–Crippen LogP) is 11.1. The highest BCUT2D eigenvalue weighted by molar-refractivity contribution is 6.35. The number of nitrogens with one attached hydrogen (secondary N) is 4. The smallest absolute Gasteiger partial charge is 0.258 e. The van der Waals surface area contributed by atoms with Crippen molar-refractivity contribution in [3.8, 4) is 11.5 Å². The molecule has 0 saturated carbocycles. The van der Waals surface area contributed by atoms with Crippen molar-refractivity contribution in [3.05, 3.63) is 129 Å². The Labute approximate surface area is 403 Å². The minimum absolute atomic E-state index is 0.0295. The second-order valence-electron chi connectivity index (χ2n) is 13.9. The van der Waals surface area contributed by atoms with E-state index in [4.69, 9.17) is 67.5 Å². The van der Waals surface area contributed by atoms with E-state index < -0.39 is 47.3 Å². The molecule has 2 atom stereocenters. The molecule has 0 aliphatic rings. The second-order valence-corrected chi connectivity index (χ2v) is 15.5. The maximum atomic E-state index is 13.4. The van der Waals surface area contributed by atoms with Gasteiger partial charge >= 0.3 is 0 Å². The fraction of sp³-hybridized carbons (Fsp3) is 0.200. The van der Waals surface area contributed by atoms with Crippen molar-refractivity contribution in [1.82, 2.24) is 0 Å². The zero-order valence-corrected chi connectivity index (χ0v) is 39.2. The molecule has 0 radical (unpaired) electrons. The maximum absolute atomic E-state index is 13.4. The van der Waals surface area contributed by atoms with Gasteiger partial charge in [-0.25, -0.2) is 0 Å². The lowest BCUT2D eigenvalue weighted by Gasteiger charge is -2.15. The molecule has 5 aromatic rings. The third-order valence-electron chi connectivity index (χ3n) is 9.48. The molecule has 0 saturated heterocycles. The van der Waals surface area contributed by atoms with E-state index in [1.165, 1.54) is 68.8 Å². The minimum atomic E-state index is -1.62. The van der Waals surface area contributed by atoms with Crippen LogP contribution in [0.4, 0.5) is 34.1 Å². The van der Waals surface area contributed by atoms with Gasteiger partial charge in [-0.2, -0.15) is 20.5 Å². The number of amides is 4. The van der Waals surface area contributed by atoms with E-state index in [1.54, 1.807) is 36.4 Å². The third kappa shape index (κ3) is 12.7. The molecule has 0 aliphatic heterocycles. The van der Waals surface area contributed by atoms with Crippen molar-refractivity contribution in [2.45, 2.75) is 43.6 Å². The van der Waals surface area contributed by atoms with Crippen LogP contribution in [0.25, 0.3) is 0 Å². The van der Waals surface area contributed by atoms with Crippen LogP contribution in [-0.4, -0.2) is 61.5 Å². The summed E-state index contributed by atoms with van der Waals surface area (Å²) in [5.41, 5.74) is 2.91. The number of Topliss-reactive ketones (excluding diaryl/α,β-unsaturated/α-hetero) is 2. The minimum Gasteiger partial charge on any atom is -0.496 e. The van der Waals surface area contributed by atoms with Gasteiger partial charge in [-0.1, -0.05) is 35.3 Å². The number of alkyl halides is 3. The molecule has 4 amide bonds. The molecular formula is C45H39Cl5N8O8. The Balaban J connectivity index is 1.26. The zero-order chi connectivity index (χ0) is 48.1. The third-order valence-corrected chi connectivity index (χ3v) is 11.0. The number of benzene rings is 5. The molecule has 0 aliphatic carbocycles. The normalized spacial score (nSPS) is 12.0. The standard InChI is InChI=1S/C45H39Cl5N8O8/c1-23(59)40(57-55-27-11-14-33(49)29(18-27)42(61)53-36-7-5-9-38(65-3)31(36)21-47)44(63)51-26-13-16-35(25(17-26)20-46)52-45(64)41(24(2)60)58-56-28-12-15-34(50)30(19-28)43(62)54-37-8-6-10-39(66-4)32(37)22-48/h5-19,40-41H,20-22H2,1-4H3,(H,51,63)(H,52,64)(H,53,61)(H,54,62). The van der Waals surface area contributed by atoms with Gasteiger partial charge in [0, 0.05) is 39.8 Å². The van der Waals surface area contributed by atoms with Crippen LogP contribution in [0.5, 0.6) is 11.5 Å². The molecule has 21 heteroatoms. The predicted molar refractivity (Wildman–Crippen MR) is 255 cm³/mol. The summed E-state index contributed by atoms with van der Waals surface area (Å²) in [4.78, 5) is 78.5. The number of ketones is 2. The van der Waals surface area contributed by atoms with E-state index >= 15 is 0 Å². The van der Waals surface area contributed by atoms with Gasteiger partial charge in [0.1, 0.15) is 11.5 Å². The Morgan fingerprint density at radius 3 is 1.41 bits per heavy atom. The fourth-order valence-electron chi connectivity index (χ4n) is 6.10. The van der Waals surface area contributed by atoms with Gasteiger partial charge in [-0.3, -0.25) is 28.8 Å². The lowest BCUT2D eigenvalue weighted by Crippen LogP contribution is -2.32. The molecule has 66 heavy (non-hydrogen) atoms. The molecule has 5 aromatic carbocycles. The van der Waals surface area contributed by atoms with E-state index in [0.717, 1.165) is 13.8 Å². The number of halogens is 5. The van der Waals surface area contributed by atoms with Crippen LogP contribution >= 0.6 is 58.0 Å². The first kappa shape index (κ1) is 50.6. The second kappa shape index (κ2) is 23.7. The SMILES string of the molecule is COc1cccc(NC(=O)c2cc(N=NC(C(C)=O)C(=O)Nc3ccc(NC(=O)C(N=Nc4ccc(Cl)c(C(=O)Nc5cccc(OC)c5CCl)c4)C(C)=O)c(CCl)c3)ccc2Cl)c1CCl. The van der Waals surface area contributed by atoms with E-state index in [-0.39, 0.29) is 61.6 Å². The van der Waals surface area contributed by atoms with Crippen molar-refractivity contribution >= 4 is 127 Å². The lowest BCUT2D eigenvalue weighted by molar-refractivity contribution is -0.127. The molecule has 0 heterocycles. The number of rotatable bonds is 19. The summed E-state index contributed by atoms with van der Waals surface area (Å²) in [5, 5.41) is 26.9. The number of methoxy groups -OCH3 is 2. The molecule has 0 fully saturated rings. The quantitative estimate of drug-likeness (QED) is 0.0353. The van der Waals surface area contributed by atoms with Crippen LogP contribution < -0.4 is 30.7 Å². The molecule has 0 spiro atoms. The first-order valence-corrected chi connectivity index (χ1v) is 21.8. The number of nitrogens with zero attached hydrogens (tertiary/aromatic N) is 4. The first-order chi connectivity index (χ1) is 31.6. The Morgan fingerprint density at radius 1 is 0.545 bits per heavy atom. The van der Waals surface area contributed by atoms with Crippen molar-refractivity contribution in [3.63, 3.8) is 0 Å². The molecule has 16 nitrogen and oxygen atoms in total. The van der Waals surface area contributed by atoms with Crippen LogP contribution in [0.3, 0.4) is 0 Å². The average Bonchev–Trinajstić information content (AvgIpc) is 3.29. The number of azo groups is 2. The molecule has 5 rings (SSSR count). The topological polar surface area (TPSA) is 218 Å². The highest BCUT2D eigenvalue weighted by atomic mass is 35.5. The monoisotopic (exact) mass is 994 g/mol. The Morgan fingerprint density at radius 2 is 1.00 bits per heavy atom. The van der Waals surface area contributed by atoms with Gasteiger partial charge in [-0.15, -0.1) is 34.8 Å². The summed E-state index contributed by atoms with van der Waals surface area (Å²) in [6.07, 6.45) is 0. The number of hydrogen-bond acceptors (Lipinski definition) is 12. The Bertz CT molecular complexity index is 2750. The molecule has 0 bridgehead atoms. The highest BCUT2D eigenvalue weighted by Crippen LogP contribution is 2.32. The van der Waals surface area contributed by atoms with E-state index in [9.17, 15) is 28.8 Å². The molecule has 0 aromatic heterocycles. The largest absolute Gasteiger partial charge is 0.496 e. The summed E-state index contributed by atoms with van der Waals surface area (Å²) in [6, 6.07) is 19.5. The highest BCUT2D eigenvalue weighted by Gasteiger charge is 2.26. The Kier molecular flexibility index (Phi) is 18.1. The van der Waals surface area contributed by atoms with Crippen molar-refractivity contribution in [2.75, 3.05) is 35.5 Å². The van der Waals surface area contributed by atoms with Crippen LogP contribution in [0.15, 0.2) is 111 Å². The van der Waals surface area contributed by atoms with Gasteiger partial charge in [0.15, 0.2) is 11.6 Å². The summed E-state index contributed by atoms with van der Waals surface area (Å²) in [6.45, 7) is 2.31. The summed E-state index contributed by atoms with van der Waals surface area (Å²) < 4.78 is 10.7. The van der Waals surface area contributed by atoms with Crippen LogP contribution in [0, 0.1) is 0 Å². The van der Waals surface area contributed by atoms with Crippen LogP contribution in [0.2, 0.25) is 10.0 Å². The lowest BCUT2D eigenvalue weighted by atomic mass is 10.1. The summed E-state index contributed by atoms with van der Waals surface area (Å²) in [5.74, 6) is -3.25. The van der Waals surface area contributed by atoms with E-state index in [2.05, 4.69) is 41.7 Å². The molecular weight excluding hydrogens is 958 g/mol. The van der Waals surface area contributed by atoms with Crippen molar-refractivity contribution in [1.29, 1.82) is 0 Å². The van der Waals surface area contributed by atoms with E-state index in [1.807, 2.05) is 0 Å². The Hall–Kier alpha value is -6.43. The molecule has 4 N–H and O–H groups in total. The maximum Gasteiger partial charge on any atom is 0.258 e. The number of hydrogen-bond donors (Lipinski definition) is 4. The molecule has 2 unspecified atom stereocenters. The van der Waals surface area contributed by atoms with Gasteiger partial charge in [0.05, 0.1) is 58.5 Å². The van der Waals surface area contributed by atoms with E-state index in [0.29, 0.717) is 39.6 Å². The average molecular weight is 997 g/mol. The number of ether oxygens (including phenoxy) is 2. The number of carbonyl (C=O) groups is 6. The van der Waals surface area contributed by atoms with Crippen molar-refractivity contribution in [2.24, 2.45) is 20.5 Å². The van der Waals surface area contributed by atoms with Gasteiger partial charge in [-0.05, 0) is 98.3 Å². The number of carbonyl (C=O) groups excluding carboxylic acids is 6. The zero-order valence-electron chi connectivity index (χ0n) is 35.4. The van der Waals surface area contributed by atoms with Gasteiger partial charge in [0.2, 0.25) is 12.1 Å². The van der Waals surface area contributed by atoms with Crippen LogP contribution in [-0.2, 0) is 36.8 Å². The fourth-order valence-corrected chi connectivity index (χ4v) is 7.28. The summed E-state index contributed by atoms with van der Waals surface area (Å²) >= 11 is 31.1. The van der Waals surface area contributed by atoms with Crippen LogP contribution in [0.1, 0.15) is 51.3 Å². The number of anilines is 4. The van der Waals surface area contributed by atoms with Crippen molar-refractivity contribution < 1.29 is 38.2 Å². The van der Waals surface area contributed by atoms with Gasteiger partial charge in [0.25, 0.3) is 23.6 Å². The summed E-state index contributed by atoms with van der Waals surface area (Å²) in [7, 11) is 2.96. The first-order valence-electron chi connectivity index (χ1n) is 19.4.